The molecule has 0 saturated carbocycles. The van der Waals surface area contributed by atoms with E-state index >= 15 is 0 Å². The average Bonchev–Trinajstić information content (AvgIpc) is 2.82. The highest BCUT2D eigenvalue weighted by molar-refractivity contribution is 6.34. The van der Waals surface area contributed by atoms with Gasteiger partial charge in [0.1, 0.15) is 6.17 Å². The Morgan fingerprint density at radius 2 is 1.73 bits per heavy atom. The number of carbonyl (C=O) groups is 3. The van der Waals surface area contributed by atoms with Gasteiger partial charge in [0, 0.05) is 19.8 Å². The van der Waals surface area contributed by atoms with Crippen molar-refractivity contribution < 1.29 is 14.4 Å². The second kappa shape index (κ2) is 9.34. The smallest absolute Gasteiger partial charge is 0.257 e. The summed E-state index contributed by atoms with van der Waals surface area (Å²) in [5.74, 6) is -0.659. The summed E-state index contributed by atoms with van der Waals surface area (Å²) >= 11 is 6.15. The second-order valence-electron chi connectivity index (χ2n) is 7.67. The lowest BCUT2D eigenvalue weighted by molar-refractivity contribution is -0.119. The van der Waals surface area contributed by atoms with Gasteiger partial charge in [0.05, 0.1) is 28.4 Å². The predicted molar refractivity (Wildman–Crippen MR) is 129 cm³/mol. The summed E-state index contributed by atoms with van der Waals surface area (Å²) < 4.78 is 0. The molecule has 7 nitrogen and oxygen atoms in total. The van der Waals surface area contributed by atoms with Crippen molar-refractivity contribution in [3.8, 4) is 0 Å². The molecule has 0 fully saturated rings. The Morgan fingerprint density at radius 3 is 2.48 bits per heavy atom. The molecule has 0 bridgehead atoms. The number of nitrogens with zero attached hydrogens (tertiary/aromatic N) is 2. The van der Waals surface area contributed by atoms with E-state index in [2.05, 4.69) is 10.6 Å². The number of rotatable bonds is 5. The Balaban J connectivity index is 1.71. The molecule has 0 spiro atoms. The van der Waals surface area contributed by atoms with Crippen molar-refractivity contribution in [2.24, 2.45) is 0 Å². The van der Waals surface area contributed by atoms with Crippen LogP contribution in [0.1, 0.15) is 32.4 Å². The maximum absolute atomic E-state index is 13.1. The van der Waals surface area contributed by atoms with Gasteiger partial charge in [0.25, 0.3) is 11.8 Å². The van der Waals surface area contributed by atoms with Gasteiger partial charge in [0.2, 0.25) is 5.91 Å². The summed E-state index contributed by atoms with van der Waals surface area (Å²) in [6, 6.07) is 21.3. The number of benzene rings is 3. The topological polar surface area (TPSA) is 81.8 Å². The van der Waals surface area contributed by atoms with Crippen LogP contribution in [0.15, 0.2) is 72.8 Å². The monoisotopic (exact) mass is 462 g/mol. The molecule has 33 heavy (non-hydrogen) atoms. The molecular formula is C25H23ClN4O3. The number of carbonyl (C=O) groups excluding carboxylic acids is 3. The van der Waals surface area contributed by atoms with Crippen molar-refractivity contribution in [2.45, 2.75) is 6.17 Å². The van der Waals surface area contributed by atoms with Gasteiger partial charge in [0.15, 0.2) is 0 Å². The van der Waals surface area contributed by atoms with Crippen LogP contribution in [0.25, 0.3) is 0 Å². The highest BCUT2D eigenvalue weighted by Gasteiger charge is 2.37. The molecule has 1 atom stereocenters. The zero-order chi connectivity index (χ0) is 23.5. The van der Waals surface area contributed by atoms with E-state index in [-0.39, 0.29) is 24.3 Å². The van der Waals surface area contributed by atoms with Crippen LogP contribution in [-0.2, 0) is 4.79 Å². The molecule has 0 radical (unpaired) electrons. The Hall–Kier alpha value is -3.84. The summed E-state index contributed by atoms with van der Waals surface area (Å²) in [5.41, 5.74) is 2.88. The molecule has 3 aromatic carbocycles. The minimum Gasteiger partial charge on any atom is -0.358 e. The van der Waals surface area contributed by atoms with Crippen LogP contribution in [0.4, 0.5) is 11.4 Å². The van der Waals surface area contributed by atoms with E-state index in [1.54, 1.807) is 73.6 Å². The largest absolute Gasteiger partial charge is 0.358 e. The number of amides is 3. The zero-order valence-corrected chi connectivity index (χ0v) is 19.0. The van der Waals surface area contributed by atoms with Gasteiger partial charge < -0.3 is 20.4 Å². The van der Waals surface area contributed by atoms with Gasteiger partial charge in [-0.1, -0.05) is 48.0 Å². The second-order valence-corrected chi connectivity index (χ2v) is 8.07. The van der Waals surface area contributed by atoms with Crippen molar-refractivity contribution in [1.29, 1.82) is 0 Å². The minimum atomic E-state index is -0.540. The summed E-state index contributed by atoms with van der Waals surface area (Å²) in [7, 11) is 3.28. The quantitative estimate of drug-likeness (QED) is 0.602. The van der Waals surface area contributed by atoms with Crippen LogP contribution in [0.3, 0.4) is 0 Å². The lowest BCUT2D eigenvalue weighted by atomic mass is 10.0. The van der Waals surface area contributed by atoms with Crippen molar-refractivity contribution in [2.75, 3.05) is 30.9 Å². The molecule has 0 unspecified atom stereocenters. The van der Waals surface area contributed by atoms with Gasteiger partial charge in [-0.15, -0.1) is 0 Å². The first kappa shape index (κ1) is 22.4. The van der Waals surface area contributed by atoms with E-state index in [1.165, 1.54) is 0 Å². The van der Waals surface area contributed by atoms with Crippen molar-refractivity contribution in [3.63, 3.8) is 0 Å². The van der Waals surface area contributed by atoms with Gasteiger partial charge in [-0.2, -0.15) is 0 Å². The van der Waals surface area contributed by atoms with Crippen molar-refractivity contribution in [3.05, 3.63) is 94.5 Å². The molecule has 3 amide bonds. The normalized spacial score (nSPS) is 15.1. The number of para-hydroxylation sites is 1. The van der Waals surface area contributed by atoms with Gasteiger partial charge >= 0.3 is 0 Å². The number of hydrogen-bond acceptors (Lipinski definition) is 4. The van der Waals surface area contributed by atoms with E-state index in [0.717, 1.165) is 5.56 Å². The molecule has 3 aromatic rings. The molecule has 1 aliphatic rings. The van der Waals surface area contributed by atoms with Gasteiger partial charge in [-0.3, -0.25) is 14.4 Å². The molecule has 4 rings (SSSR count). The molecule has 8 heteroatoms. The zero-order valence-electron chi connectivity index (χ0n) is 18.2. The number of nitrogens with one attached hydrogen (secondary N) is 2. The molecule has 1 heterocycles. The summed E-state index contributed by atoms with van der Waals surface area (Å²) in [4.78, 5) is 41.6. The minimum absolute atomic E-state index is 0.0615. The SMILES string of the molecule is CNC(=O)CN1c2ccccc2C(=O)N(C)[C@@H]1c1cccc(NC(=O)c2ccccc2Cl)c1. The number of hydrogen-bond donors (Lipinski definition) is 2. The maximum Gasteiger partial charge on any atom is 0.257 e. The first-order chi connectivity index (χ1) is 15.9. The fraction of sp³-hybridized carbons (Fsp3) is 0.160. The third-order valence-electron chi connectivity index (χ3n) is 5.58. The van der Waals surface area contributed by atoms with E-state index in [9.17, 15) is 14.4 Å². The third kappa shape index (κ3) is 4.40. The lowest BCUT2D eigenvalue weighted by Gasteiger charge is -2.44. The first-order valence-corrected chi connectivity index (χ1v) is 10.8. The maximum atomic E-state index is 13.1. The van der Waals surface area contributed by atoms with Gasteiger partial charge in [-0.25, -0.2) is 0 Å². The molecular weight excluding hydrogens is 440 g/mol. The van der Waals surface area contributed by atoms with E-state index in [0.29, 0.717) is 27.5 Å². The summed E-state index contributed by atoms with van der Waals surface area (Å²) in [5, 5.41) is 5.87. The number of halogens is 1. The Kier molecular flexibility index (Phi) is 6.33. The van der Waals surface area contributed by atoms with Gasteiger partial charge in [-0.05, 0) is 42.0 Å². The summed E-state index contributed by atoms with van der Waals surface area (Å²) in [6.45, 7) is 0.0615. The highest BCUT2D eigenvalue weighted by Crippen LogP contribution is 2.38. The summed E-state index contributed by atoms with van der Waals surface area (Å²) in [6.07, 6.45) is -0.540. The van der Waals surface area contributed by atoms with Crippen LogP contribution >= 0.6 is 11.6 Å². The Labute approximate surface area is 197 Å². The van der Waals surface area contributed by atoms with Crippen LogP contribution in [0.2, 0.25) is 5.02 Å². The average molecular weight is 463 g/mol. The predicted octanol–water partition coefficient (Wildman–Crippen LogP) is 3.93. The Morgan fingerprint density at radius 1 is 1.00 bits per heavy atom. The molecule has 168 valence electrons. The molecule has 1 aliphatic heterocycles. The number of anilines is 2. The molecule has 0 aliphatic carbocycles. The number of likely N-dealkylation sites (N-methyl/N-ethyl adjacent to an activating group) is 1. The molecule has 0 aromatic heterocycles. The van der Waals surface area contributed by atoms with E-state index in [1.807, 2.05) is 23.1 Å². The van der Waals surface area contributed by atoms with E-state index < -0.39 is 6.17 Å². The third-order valence-corrected chi connectivity index (χ3v) is 5.91. The van der Waals surface area contributed by atoms with E-state index in [4.69, 9.17) is 11.6 Å². The van der Waals surface area contributed by atoms with Crippen LogP contribution < -0.4 is 15.5 Å². The van der Waals surface area contributed by atoms with Crippen LogP contribution in [0, 0.1) is 0 Å². The highest BCUT2D eigenvalue weighted by atomic mass is 35.5. The van der Waals surface area contributed by atoms with Crippen molar-refractivity contribution >= 4 is 40.7 Å². The fourth-order valence-electron chi connectivity index (χ4n) is 3.98. The Bertz CT molecular complexity index is 1230. The first-order valence-electron chi connectivity index (χ1n) is 10.4. The molecule has 0 saturated heterocycles. The van der Waals surface area contributed by atoms with Crippen LogP contribution in [0.5, 0.6) is 0 Å². The fourth-order valence-corrected chi connectivity index (χ4v) is 4.20. The van der Waals surface area contributed by atoms with Crippen LogP contribution in [-0.4, -0.2) is 43.3 Å². The molecule has 2 N–H and O–H groups in total. The number of fused-ring (bicyclic) bond motifs is 1. The lowest BCUT2D eigenvalue weighted by Crippen LogP contribution is -2.50. The van der Waals surface area contributed by atoms with Crippen molar-refractivity contribution in [1.82, 2.24) is 10.2 Å². The standard InChI is InChI=1S/C25H23ClN4O3/c1-27-22(31)15-30-21-13-6-4-11-19(21)25(33)29(2)24(30)16-8-7-9-17(14-16)28-23(32)18-10-3-5-12-20(18)26/h3-14,24H,15H2,1-2H3,(H,27,31)(H,28,32)/t24-/m0/s1.